The van der Waals surface area contributed by atoms with Gasteiger partial charge in [-0.1, -0.05) is 0 Å². The van der Waals surface area contributed by atoms with E-state index in [1.807, 2.05) is 0 Å². The Morgan fingerprint density at radius 3 is 2.21 bits per heavy atom. The highest BCUT2D eigenvalue weighted by Gasteiger charge is 2.48. The van der Waals surface area contributed by atoms with Crippen LogP contribution in [0, 0.1) is 11.6 Å². The molecule has 0 unspecified atom stereocenters. The first-order valence-electron chi connectivity index (χ1n) is 10.8. The van der Waals surface area contributed by atoms with Gasteiger partial charge in [0.1, 0.15) is 17.5 Å². The van der Waals surface area contributed by atoms with Crippen molar-refractivity contribution in [3.63, 3.8) is 0 Å². The quantitative estimate of drug-likeness (QED) is 0.544. The molecule has 34 heavy (non-hydrogen) atoms. The van der Waals surface area contributed by atoms with E-state index in [-0.39, 0.29) is 48.7 Å². The van der Waals surface area contributed by atoms with Crippen molar-refractivity contribution < 1.29 is 27.1 Å². The SMILES string of the molecule is Cn1c(=O)n(CCCO)c(=O)c2c1nc(C1(F)CCC(F)(F)CC1)n2Cc1cc(F)cc(F)c1. The molecule has 0 radical (unpaired) electrons. The van der Waals surface area contributed by atoms with Crippen LogP contribution < -0.4 is 11.2 Å². The minimum Gasteiger partial charge on any atom is -0.396 e. The summed E-state index contributed by atoms with van der Waals surface area (Å²) in [5.41, 5.74) is -4.23. The van der Waals surface area contributed by atoms with Gasteiger partial charge in [-0.15, -0.1) is 0 Å². The van der Waals surface area contributed by atoms with Crippen LogP contribution in [0.15, 0.2) is 27.8 Å². The van der Waals surface area contributed by atoms with Gasteiger partial charge in [0.05, 0.1) is 0 Å². The summed E-state index contributed by atoms with van der Waals surface area (Å²) < 4.78 is 74.3. The molecule has 12 heteroatoms. The van der Waals surface area contributed by atoms with Crippen LogP contribution in [0.5, 0.6) is 0 Å². The second-order valence-electron chi connectivity index (χ2n) is 8.67. The van der Waals surface area contributed by atoms with Crippen molar-refractivity contribution in [2.24, 2.45) is 7.05 Å². The van der Waals surface area contributed by atoms with Gasteiger partial charge in [0.15, 0.2) is 16.8 Å². The number of aliphatic hydroxyl groups is 1. The number of aryl methyl sites for hydroxylation is 1. The summed E-state index contributed by atoms with van der Waals surface area (Å²) in [5, 5.41) is 9.12. The molecule has 0 spiro atoms. The van der Waals surface area contributed by atoms with Crippen molar-refractivity contribution in [1.29, 1.82) is 0 Å². The first kappa shape index (κ1) is 24.1. The van der Waals surface area contributed by atoms with Gasteiger partial charge in [-0.2, -0.15) is 0 Å². The lowest BCUT2D eigenvalue weighted by Crippen LogP contribution is -2.40. The number of hydrogen-bond acceptors (Lipinski definition) is 4. The number of imidazole rings is 1. The maximum absolute atomic E-state index is 16.1. The third-order valence-corrected chi connectivity index (χ3v) is 6.21. The average molecular weight is 486 g/mol. The second kappa shape index (κ2) is 8.64. The van der Waals surface area contributed by atoms with E-state index in [0.29, 0.717) is 6.07 Å². The lowest BCUT2D eigenvalue weighted by Gasteiger charge is -2.33. The zero-order chi connectivity index (χ0) is 24.8. The molecule has 2 heterocycles. The molecular weight excluding hydrogens is 463 g/mol. The Kier molecular flexibility index (Phi) is 6.13. The number of aliphatic hydroxyl groups excluding tert-OH is 1. The number of rotatable bonds is 6. The zero-order valence-corrected chi connectivity index (χ0v) is 18.3. The van der Waals surface area contributed by atoms with E-state index in [1.54, 1.807) is 0 Å². The number of fused-ring (bicyclic) bond motifs is 1. The molecule has 1 aliphatic rings. The lowest BCUT2D eigenvalue weighted by atomic mass is 9.83. The first-order chi connectivity index (χ1) is 16.0. The number of nitrogens with zero attached hydrogens (tertiary/aromatic N) is 4. The molecule has 0 bridgehead atoms. The van der Waals surface area contributed by atoms with E-state index in [9.17, 15) is 27.2 Å². The summed E-state index contributed by atoms with van der Waals surface area (Å²) in [5.74, 6) is -5.17. The fraction of sp³-hybridized carbons (Fsp3) is 0.500. The average Bonchev–Trinajstić information content (AvgIpc) is 3.14. The molecule has 2 aromatic heterocycles. The highest BCUT2D eigenvalue weighted by molar-refractivity contribution is 5.71. The van der Waals surface area contributed by atoms with Crippen molar-refractivity contribution in [2.45, 2.75) is 56.8 Å². The van der Waals surface area contributed by atoms with Crippen molar-refractivity contribution in [1.82, 2.24) is 18.7 Å². The fourth-order valence-corrected chi connectivity index (χ4v) is 4.41. The van der Waals surface area contributed by atoms with Crippen LogP contribution in [0.25, 0.3) is 11.2 Å². The van der Waals surface area contributed by atoms with Crippen LogP contribution in [0.4, 0.5) is 22.0 Å². The van der Waals surface area contributed by atoms with E-state index < -0.39 is 60.2 Å². The Balaban J connectivity index is 1.98. The Morgan fingerprint density at radius 1 is 1.00 bits per heavy atom. The molecule has 7 nitrogen and oxygen atoms in total. The van der Waals surface area contributed by atoms with Gasteiger partial charge in [0.25, 0.3) is 5.56 Å². The zero-order valence-electron chi connectivity index (χ0n) is 18.3. The number of aromatic nitrogens is 4. The minimum absolute atomic E-state index is 0.0537. The summed E-state index contributed by atoms with van der Waals surface area (Å²) in [6.45, 7) is -0.793. The molecular formula is C22H23F5N4O3. The monoisotopic (exact) mass is 486 g/mol. The first-order valence-corrected chi connectivity index (χ1v) is 10.8. The van der Waals surface area contributed by atoms with Crippen LogP contribution in [-0.4, -0.2) is 36.3 Å². The molecule has 1 N–H and O–H groups in total. The third kappa shape index (κ3) is 4.26. The van der Waals surface area contributed by atoms with E-state index in [0.717, 1.165) is 25.8 Å². The predicted octanol–water partition coefficient (Wildman–Crippen LogP) is 2.98. The molecule has 1 saturated carbocycles. The van der Waals surface area contributed by atoms with Crippen LogP contribution in [0.1, 0.15) is 43.5 Å². The summed E-state index contributed by atoms with van der Waals surface area (Å²) in [4.78, 5) is 30.2. The minimum atomic E-state index is -3.04. The topological polar surface area (TPSA) is 82.0 Å². The second-order valence-corrected chi connectivity index (χ2v) is 8.67. The smallest absolute Gasteiger partial charge is 0.332 e. The van der Waals surface area contributed by atoms with Gasteiger partial charge in [-0.05, 0) is 37.0 Å². The Labute approximate surface area is 190 Å². The van der Waals surface area contributed by atoms with Gasteiger partial charge in [0, 0.05) is 45.7 Å². The molecule has 1 aromatic carbocycles. The van der Waals surface area contributed by atoms with Crippen molar-refractivity contribution in [2.75, 3.05) is 6.61 Å². The number of hydrogen-bond donors (Lipinski definition) is 1. The van der Waals surface area contributed by atoms with E-state index in [1.165, 1.54) is 7.05 Å². The number of halogens is 5. The van der Waals surface area contributed by atoms with Crippen LogP contribution in [-0.2, 0) is 25.8 Å². The van der Waals surface area contributed by atoms with Gasteiger partial charge in [0.2, 0.25) is 5.92 Å². The molecule has 0 amide bonds. The van der Waals surface area contributed by atoms with E-state index in [2.05, 4.69) is 4.98 Å². The summed E-state index contributed by atoms with van der Waals surface area (Å²) >= 11 is 0. The van der Waals surface area contributed by atoms with Crippen molar-refractivity contribution in [3.05, 3.63) is 62.1 Å². The van der Waals surface area contributed by atoms with Crippen LogP contribution in [0.2, 0.25) is 0 Å². The van der Waals surface area contributed by atoms with Gasteiger partial charge >= 0.3 is 5.69 Å². The maximum Gasteiger partial charge on any atom is 0.332 e. The highest BCUT2D eigenvalue weighted by atomic mass is 19.3. The molecule has 1 fully saturated rings. The normalized spacial score (nSPS) is 17.4. The summed E-state index contributed by atoms with van der Waals surface area (Å²) in [7, 11) is 1.32. The molecule has 1 aliphatic carbocycles. The predicted molar refractivity (Wildman–Crippen MR) is 113 cm³/mol. The van der Waals surface area contributed by atoms with E-state index in [4.69, 9.17) is 5.11 Å². The maximum atomic E-state index is 16.1. The molecule has 184 valence electrons. The number of benzene rings is 1. The molecule has 4 rings (SSSR count). The Morgan fingerprint density at radius 2 is 1.62 bits per heavy atom. The summed E-state index contributed by atoms with van der Waals surface area (Å²) in [6, 6.07) is 2.66. The fourth-order valence-electron chi connectivity index (χ4n) is 4.41. The van der Waals surface area contributed by atoms with Gasteiger partial charge in [-0.25, -0.2) is 31.7 Å². The van der Waals surface area contributed by atoms with Crippen molar-refractivity contribution >= 4 is 11.2 Å². The standard InChI is InChI=1S/C22H23F5N4O3/c1-29-17-16(18(33)30(20(29)34)7-2-8-32)31(12-13-9-14(23)11-15(24)10-13)19(28-17)21(25)3-5-22(26,27)6-4-21/h9-11,32H,2-8,12H2,1H3. The third-order valence-electron chi connectivity index (χ3n) is 6.21. The number of alkyl halides is 3. The van der Waals surface area contributed by atoms with Gasteiger partial charge in [-0.3, -0.25) is 13.9 Å². The lowest BCUT2D eigenvalue weighted by molar-refractivity contribution is -0.0803. The van der Waals surface area contributed by atoms with Crippen LogP contribution >= 0.6 is 0 Å². The highest BCUT2D eigenvalue weighted by Crippen LogP contribution is 2.46. The molecule has 0 aliphatic heterocycles. The van der Waals surface area contributed by atoms with Crippen molar-refractivity contribution in [3.8, 4) is 0 Å². The summed E-state index contributed by atoms with van der Waals surface area (Å²) in [6.07, 6.45) is -2.53. The van der Waals surface area contributed by atoms with E-state index >= 15 is 4.39 Å². The Bertz CT molecular complexity index is 1330. The molecule has 0 atom stereocenters. The van der Waals surface area contributed by atoms with Crippen LogP contribution in [0.3, 0.4) is 0 Å². The molecule has 3 aromatic rings. The largest absolute Gasteiger partial charge is 0.396 e. The van der Waals surface area contributed by atoms with Gasteiger partial charge < -0.3 is 9.67 Å². The Hall–Kier alpha value is -3.02. The molecule has 0 saturated heterocycles.